The zero-order chi connectivity index (χ0) is 20.1. The van der Waals surface area contributed by atoms with Crippen molar-refractivity contribution in [3.8, 4) is 0 Å². The van der Waals surface area contributed by atoms with Gasteiger partial charge in [0.05, 0.1) is 18.3 Å². The molecule has 0 saturated heterocycles. The molecule has 0 radical (unpaired) electrons. The molecule has 0 aromatic heterocycles. The summed E-state index contributed by atoms with van der Waals surface area (Å²) in [6.07, 6.45) is 14.8. The lowest BCUT2D eigenvalue weighted by Gasteiger charge is -2.21. The Balaban J connectivity index is 2.39. The molecule has 5 atom stereocenters. The van der Waals surface area contributed by atoms with Crippen molar-refractivity contribution in [2.24, 2.45) is 11.8 Å². The van der Waals surface area contributed by atoms with E-state index in [2.05, 4.69) is 13.0 Å². The molecule has 1 fully saturated rings. The molecule has 27 heavy (non-hydrogen) atoms. The maximum absolute atomic E-state index is 10.5. The third-order valence-corrected chi connectivity index (χ3v) is 5.42. The molecule has 5 heteroatoms. The molecule has 4 N–H and O–H groups in total. The van der Waals surface area contributed by atoms with Gasteiger partial charge in [-0.05, 0) is 38.0 Å². The van der Waals surface area contributed by atoms with Gasteiger partial charge in [0.25, 0.3) is 0 Å². The number of aliphatic hydroxyl groups excluding tert-OH is 3. The molecule has 1 rings (SSSR count). The van der Waals surface area contributed by atoms with Crippen molar-refractivity contribution in [1.82, 2.24) is 0 Å². The number of aliphatic hydroxyl groups is 3. The van der Waals surface area contributed by atoms with Gasteiger partial charge in [-0.25, -0.2) is 0 Å². The molecular formula is C22H38O5. The van der Waals surface area contributed by atoms with E-state index in [-0.39, 0.29) is 18.3 Å². The molecule has 0 unspecified atom stereocenters. The molecule has 1 saturated carbocycles. The first kappa shape index (κ1) is 23.9. The fourth-order valence-electron chi connectivity index (χ4n) is 3.81. The third-order valence-electron chi connectivity index (χ3n) is 5.42. The van der Waals surface area contributed by atoms with E-state index < -0.39 is 24.3 Å². The lowest BCUT2D eigenvalue weighted by atomic mass is 9.88. The van der Waals surface area contributed by atoms with Gasteiger partial charge >= 0.3 is 5.97 Å². The Bertz CT molecular complexity index is 460. The predicted octanol–water partition coefficient (Wildman–Crippen LogP) is 3.82. The third kappa shape index (κ3) is 10.1. The van der Waals surface area contributed by atoms with Crippen molar-refractivity contribution in [2.45, 2.75) is 95.9 Å². The lowest BCUT2D eigenvalue weighted by molar-refractivity contribution is -0.137. The van der Waals surface area contributed by atoms with Crippen LogP contribution in [-0.2, 0) is 4.79 Å². The molecule has 0 heterocycles. The van der Waals surface area contributed by atoms with Crippen LogP contribution in [0.25, 0.3) is 0 Å². The monoisotopic (exact) mass is 382 g/mol. The highest BCUT2D eigenvalue weighted by Gasteiger charge is 2.39. The Labute approximate surface area is 163 Å². The zero-order valence-electron chi connectivity index (χ0n) is 16.7. The molecule has 5 nitrogen and oxygen atoms in total. The Morgan fingerprint density at radius 1 is 1.07 bits per heavy atom. The average Bonchev–Trinajstić information content (AvgIpc) is 2.88. The van der Waals surface area contributed by atoms with Gasteiger partial charge in [0.2, 0.25) is 0 Å². The second-order valence-corrected chi connectivity index (χ2v) is 7.76. The second kappa shape index (κ2) is 13.9. The van der Waals surface area contributed by atoms with Crippen molar-refractivity contribution in [3.05, 3.63) is 24.3 Å². The Hall–Kier alpha value is -1.17. The van der Waals surface area contributed by atoms with Crippen LogP contribution in [0.15, 0.2) is 24.3 Å². The lowest BCUT2D eigenvalue weighted by Crippen LogP contribution is -2.21. The van der Waals surface area contributed by atoms with E-state index in [0.717, 1.165) is 25.7 Å². The van der Waals surface area contributed by atoms with Crippen LogP contribution >= 0.6 is 0 Å². The minimum Gasteiger partial charge on any atom is -0.481 e. The highest BCUT2D eigenvalue weighted by molar-refractivity contribution is 5.66. The van der Waals surface area contributed by atoms with Gasteiger partial charge in [0.15, 0.2) is 0 Å². The number of carboxylic acids is 1. The number of hydrogen-bond donors (Lipinski definition) is 4. The molecule has 0 spiro atoms. The zero-order valence-corrected chi connectivity index (χ0v) is 16.7. The summed E-state index contributed by atoms with van der Waals surface area (Å²) >= 11 is 0. The summed E-state index contributed by atoms with van der Waals surface area (Å²) in [5.74, 6) is -0.957. The maximum atomic E-state index is 10.5. The van der Waals surface area contributed by atoms with Gasteiger partial charge in [-0.15, -0.1) is 0 Å². The molecule has 0 bridgehead atoms. The summed E-state index contributed by atoms with van der Waals surface area (Å²) in [6, 6.07) is 0. The van der Waals surface area contributed by atoms with Gasteiger partial charge < -0.3 is 20.4 Å². The van der Waals surface area contributed by atoms with E-state index in [1.807, 2.05) is 12.2 Å². The van der Waals surface area contributed by atoms with Crippen LogP contribution in [0.3, 0.4) is 0 Å². The number of allylic oxidation sites excluding steroid dienone is 1. The summed E-state index contributed by atoms with van der Waals surface area (Å²) in [5, 5.41) is 39.2. The quantitative estimate of drug-likeness (QED) is 0.270. The number of carboxylic acid groups (broad SMARTS) is 1. The summed E-state index contributed by atoms with van der Waals surface area (Å²) < 4.78 is 0. The number of hydrogen-bond acceptors (Lipinski definition) is 4. The van der Waals surface area contributed by atoms with Gasteiger partial charge in [-0.1, -0.05) is 56.9 Å². The van der Waals surface area contributed by atoms with Crippen molar-refractivity contribution in [2.75, 3.05) is 0 Å². The van der Waals surface area contributed by atoms with E-state index in [4.69, 9.17) is 5.11 Å². The van der Waals surface area contributed by atoms with E-state index in [0.29, 0.717) is 19.3 Å². The highest BCUT2D eigenvalue weighted by Crippen LogP contribution is 2.37. The standard InChI is InChI=1S/C22H38O5/c1-2-3-4-5-6-8-11-17(23)14-15-19-18(20(24)16-21(19)25)12-9-7-10-13-22(26)27/h6,8,14-15,17-21,23-25H,2-5,7,9-13,16H2,1H3,(H,26,27)/b8-6-,15-14+/t17-,18-,19-,20+,21-/m0/s1. The Morgan fingerprint density at radius 3 is 2.56 bits per heavy atom. The van der Waals surface area contributed by atoms with Crippen LogP contribution < -0.4 is 0 Å². The largest absolute Gasteiger partial charge is 0.481 e. The smallest absolute Gasteiger partial charge is 0.303 e. The topological polar surface area (TPSA) is 98.0 Å². The average molecular weight is 383 g/mol. The van der Waals surface area contributed by atoms with Crippen LogP contribution in [0.1, 0.15) is 77.6 Å². The van der Waals surface area contributed by atoms with Crippen molar-refractivity contribution >= 4 is 5.97 Å². The molecule has 0 aromatic carbocycles. The maximum Gasteiger partial charge on any atom is 0.303 e. The Kier molecular flexibility index (Phi) is 12.3. The molecule has 0 aliphatic heterocycles. The first-order valence-corrected chi connectivity index (χ1v) is 10.5. The van der Waals surface area contributed by atoms with E-state index >= 15 is 0 Å². The van der Waals surface area contributed by atoms with Crippen LogP contribution in [-0.4, -0.2) is 44.7 Å². The van der Waals surface area contributed by atoms with Gasteiger partial charge in [0.1, 0.15) is 0 Å². The SMILES string of the molecule is CCCCC/C=C\C[C@H](O)/C=C/[C@H]1[C@H](CCCCCC(=O)O)[C@H](O)C[C@@H]1O. The minimum atomic E-state index is -0.777. The van der Waals surface area contributed by atoms with E-state index in [9.17, 15) is 20.1 Å². The predicted molar refractivity (Wildman–Crippen MR) is 107 cm³/mol. The summed E-state index contributed by atoms with van der Waals surface area (Å²) in [4.78, 5) is 10.5. The number of carbonyl (C=O) groups is 1. The molecule has 156 valence electrons. The van der Waals surface area contributed by atoms with Crippen LogP contribution in [0.2, 0.25) is 0 Å². The van der Waals surface area contributed by atoms with Gasteiger partial charge in [0, 0.05) is 18.8 Å². The highest BCUT2D eigenvalue weighted by atomic mass is 16.4. The molecule has 1 aliphatic carbocycles. The molecular weight excluding hydrogens is 344 g/mol. The molecule has 1 aliphatic rings. The summed E-state index contributed by atoms with van der Waals surface area (Å²) in [5.41, 5.74) is 0. The normalized spacial score (nSPS) is 27.0. The van der Waals surface area contributed by atoms with Crippen molar-refractivity contribution in [1.29, 1.82) is 0 Å². The van der Waals surface area contributed by atoms with Crippen LogP contribution in [0.5, 0.6) is 0 Å². The van der Waals surface area contributed by atoms with Crippen molar-refractivity contribution in [3.63, 3.8) is 0 Å². The Morgan fingerprint density at radius 2 is 1.85 bits per heavy atom. The van der Waals surface area contributed by atoms with Crippen LogP contribution in [0, 0.1) is 11.8 Å². The van der Waals surface area contributed by atoms with Crippen LogP contribution in [0.4, 0.5) is 0 Å². The summed E-state index contributed by atoms with van der Waals surface area (Å²) in [7, 11) is 0. The fourth-order valence-corrected chi connectivity index (χ4v) is 3.81. The molecule has 0 aromatic rings. The first-order valence-electron chi connectivity index (χ1n) is 10.5. The second-order valence-electron chi connectivity index (χ2n) is 7.76. The van der Waals surface area contributed by atoms with Gasteiger partial charge in [-0.3, -0.25) is 4.79 Å². The summed E-state index contributed by atoms with van der Waals surface area (Å²) in [6.45, 7) is 2.18. The number of rotatable bonds is 14. The number of unbranched alkanes of at least 4 members (excludes halogenated alkanes) is 5. The fraction of sp³-hybridized carbons (Fsp3) is 0.773. The van der Waals surface area contributed by atoms with Crippen molar-refractivity contribution < 1.29 is 25.2 Å². The number of aliphatic carboxylic acids is 1. The van der Waals surface area contributed by atoms with E-state index in [1.54, 1.807) is 6.08 Å². The first-order chi connectivity index (χ1) is 13.0. The van der Waals surface area contributed by atoms with E-state index in [1.165, 1.54) is 19.3 Å². The minimum absolute atomic E-state index is 0.0298. The van der Waals surface area contributed by atoms with Gasteiger partial charge in [-0.2, -0.15) is 0 Å². The molecule has 0 amide bonds.